The third-order valence-electron chi connectivity index (χ3n) is 13.3. The molecule has 5 N–H and O–H groups in total. The molecule has 15 nitrogen and oxygen atoms in total. The monoisotopic (exact) mass is 1010 g/mol. The van der Waals surface area contributed by atoms with Crippen molar-refractivity contribution in [1.82, 2.24) is 0 Å². The van der Waals surface area contributed by atoms with Gasteiger partial charge in [0, 0.05) is 0 Å². The molecule has 0 spiro atoms. The molecule has 20 heteroatoms. The summed E-state index contributed by atoms with van der Waals surface area (Å²) in [6.07, 6.45) is 0. The number of benzene rings is 5. The van der Waals surface area contributed by atoms with E-state index in [4.69, 9.17) is 0 Å². The molecule has 0 aliphatic carbocycles. The second-order valence-electron chi connectivity index (χ2n) is 17.3. The molecule has 0 heterocycles. The summed E-state index contributed by atoms with van der Waals surface area (Å²) in [6.45, 7) is 23.8. The molecule has 0 unspecified atom stereocenters. The quantitative estimate of drug-likeness (QED) is 0.0860. The van der Waals surface area contributed by atoms with Gasteiger partial charge in [-0.1, -0.05) is 6.07 Å². The van der Waals surface area contributed by atoms with Crippen LogP contribution in [0.5, 0.6) is 0 Å². The first-order valence-corrected chi connectivity index (χ1v) is 27.4. The van der Waals surface area contributed by atoms with Gasteiger partial charge in [0.2, 0.25) is 0 Å². The highest BCUT2D eigenvalue weighted by Gasteiger charge is 2.36. The van der Waals surface area contributed by atoms with Crippen molar-refractivity contribution < 1.29 is 64.9 Å². The van der Waals surface area contributed by atoms with Crippen LogP contribution in [-0.2, 0) is 50.6 Å². The SMILES string of the molecule is Cc1cc(C)c(S(=O)(=O)O)c(C)c1-c1c(C)c(-c2c(C)c(-c3c(C)c(-c4c(C)c(C)c(C)c(S(=O)(=O)O)c4C)c(C)c(S(=O)(=O)O)c3C)c(C)c(S(=O)(=O)O)c2C)c(C)c(S(=O)(=O)O)c1C. The summed E-state index contributed by atoms with van der Waals surface area (Å²) >= 11 is 0. The third-order valence-corrected chi connectivity index (χ3v) is 18.9. The van der Waals surface area contributed by atoms with Gasteiger partial charge in [0.05, 0.1) is 0 Å². The summed E-state index contributed by atoms with van der Waals surface area (Å²) in [6, 6.07) is 1.49. The van der Waals surface area contributed by atoms with Gasteiger partial charge in [0.25, 0.3) is 50.6 Å². The van der Waals surface area contributed by atoms with E-state index >= 15 is 0 Å². The largest absolute Gasteiger partial charge is 0.295 e. The van der Waals surface area contributed by atoms with Crippen LogP contribution in [-0.4, -0.2) is 64.9 Å². The van der Waals surface area contributed by atoms with E-state index in [1.165, 1.54) is 75.3 Å². The van der Waals surface area contributed by atoms with Crippen LogP contribution in [0.4, 0.5) is 0 Å². The van der Waals surface area contributed by atoms with Gasteiger partial charge in [-0.05, 0) is 244 Å². The molecule has 0 aromatic heterocycles. The highest BCUT2D eigenvalue weighted by Crippen LogP contribution is 2.52. The van der Waals surface area contributed by atoms with Gasteiger partial charge < -0.3 is 0 Å². The Morgan fingerprint density at radius 1 is 0.227 bits per heavy atom. The van der Waals surface area contributed by atoms with Crippen molar-refractivity contribution in [1.29, 1.82) is 0 Å². The Kier molecular flexibility index (Phi) is 13.3. The molecule has 0 amide bonds. The second-order valence-corrected chi connectivity index (χ2v) is 24.1. The maximum Gasteiger partial charge on any atom is 0.295 e. The highest BCUT2D eigenvalue weighted by atomic mass is 32.2. The highest BCUT2D eigenvalue weighted by molar-refractivity contribution is 7.87. The van der Waals surface area contributed by atoms with E-state index in [2.05, 4.69) is 0 Å². The molecule has 0 saturated carbocycles. The molecule has 0 fully saturated rings. The predicted molar refractivity (Wildman–Crippen MR) is 253 cm³/mol. The summed E-state index contributed by atoms with van der Waals surface area (Å²) < 4.78 is 187. The van der Waals surface area contributed by atoms with E-state index in [0.29, 0.717) is 16.7 Å². The summed E-state index contributed by atoms with van der Waals surface area (Å²) in [5, 5.41) is 0. The summed E-state index contributed by atoms with van der Waals surface area (Å²) in [5.74, 6) is 0. The fraction of sp³-hybridized carbons (Fsp3) is 0.348. The normalized spacial score (nSPS) is 12.9. The Morgan fingerprint density at radius 2 is 0.424 bits per heavy atom. The lowest BCUT2D eigenvalue weighted by Crippen LogP contribution is -2.15. The smallest absolute Gasteiger partial charge is 0.282 e. The van der Waals surface area contributed by atoms with Crippen molar-refractivity contribution in [3.05, 3.63) is 95.1 Å². The van der Waals surface area contributed by atoms with Crippen molar-refractivity contribution in [3.63, 3.8) is 0 Å². The molecule has 0 aliphatic heterocycles. The number of hydrogen-bond acceptors (Lipinski definition) is 10. The van der Waals surface area contributed by atoms with Gasteiger partial charge >= 0.3 is 0 Å². The minimum absolute atomic E-state index is 0.00889. The van der Waals surface area contributed by atoms with E-state index in [0.717, 1.165) is 0 Å². The lowest BCUT2D eigenvalue weighted by Gasteiger charge is -2.30. The Balaban J connectivity index is 2.22. The zero-order chi connectivity index (χ0) is 51.0. The van der Waals surface area contributed by atoms with Gasteiger partial charge in [-0.25, -0.2) is 0 Å². The molecule has 66 heavy (non-hydrogen) atoms. The standard InChI is InChI=1S/C46H54O15S5/c1-18-17-19(2)42(62(47,48)49)26(9)34(18)36-23(6)38(30(13)44(28(36)11)64(53,54)55)40-25(8)41(33(16)46(32(40)15)66(59,60)61)39-24(7)37(29(12)45(31(39)14)65(56,57)58)35-21(4)20(3)22(5)43(27(35)10)63(50,51)52/h17H,1-16H3,(H,47,48,49)(H,50,51,52)(H,53,54,55)(H,56,57,58)(H,59,60,61). The zero-order valence-electron chi connectivity index (χ0n) is 39.4. The van der Waals surface area contributed by atoms with Gasteiger partial charge in [-0.2, -0.15) is 42.1 Å². The van der Waals surface area contributed by atoms with Crippen molar-refractivity contribution in [2.75, 3.05) is 0 Å². The summed E-state index contributed by atoms with van der Waals surface area (Å²) in [5.41, 5.74) is 2.98. The first-order chi connectivity index (χ1) is 29.7. The molecule has 358 valence electrons. The predicted octanol–water partition coefficient (Wildman–Crippen LogP) is 9.52. The van der Waals surface area contributed by atoms with Gasteiger partial charge in [-0.3, -0.25) is 22.8 Å². The van der Waals surface area contributed by atoms with Crippen LogP contribution in [0.2, 0.25) is 0 Å². The van der Waals surface area contributed by atoms with Crippen LogP contribution in [0.3, 0.4) is 0 Å². The molecule has 5 rings (SSSR count). The zero-order valence-corrected chi connectivity index (χ0v) is 43.5. The molecule has 5 aromatic carbocycles. The van der Waals surface area contributed by atoms with Crippen molar-refractivity contribution in [2.24, 2.45) is 0 Å². The minimum atomic E-state index is -5.22. The van der Waals surface area contributed by atoms with Crippen molar-refractivity contribution in [3.8, 4) is 44.5 Å². The molecule has 5 aromatic rings. The van der Waals surface area contributed by atoms with Crippen molar-refractivity contribution in [2.45, 2.75) is 135 Å². The Bertz CT molecular complexity index is 3640. The first-order valence-electron chi connectivity index (χ1n) is 20.2. The topological polar surface area (TPSA) is 272 Å². The molecule has 0 atom stereocenters. The van der Waals surface area contributed by atoms with E-state index in [-0.39, 0.29) is 117 Å². The van der Waals surface area contributed by atoms with Crippen LogP contribution in [0.25, 0.3) is 44.5 Å². The van der Waals surface area contributed by atoms with E-state index in [9.17, 15) is 64.9 Å². The number of aryl methyl sites for hydroxylation is 2. The molecule has 0 bridgehead atoms. The maximum absolute atomic E-state index is 13.7. The van der Waals surface area contributed by atoms with E-state index in [1.54, 1.807) is 41.5 Å². The Morgan fingerprint density at radius 3 is 0.667 bits per heavy atom. The van der Waals surface area contributed by atoms with Crippen LogP contribution in [0.1, 0.15) is 89.0 Å². The molecular formula is C46H54O15S5. The third kappa shape index (κ3) is 8.26. The average molecular weight is 1010 g/mol. The fourth-order valence-corrected chi connectivity index (χ4v) is 15.9. The minimum Gasteiger partial charge on any atom is -0.282 e. The lowest BCUT2D eigenvalue weighted by atomic mass is 9.77. The van der Waals surface area contributed by atoms with Gasteiger partial charge in [0.1, 0.15) is 24.5 Å². The fourth-order valence-electron chi connectivity index (χ4n) is 11.0. The molecule has 0 radical (unpaired) electrons. The summed E-state index contributed by atoms with van der Waals surface area (Å²) in [4.78, 5) is -2.71. The lowest BCUT2D eigenvalue weighted by molar-refractivity contribution is 0.479. The van der Waals surface area contributed by atoms with Gasteiger partial charge in [-0.15, -0.1) is 0 Å². The number of hydrogen-bond donors (Lipinski definition) is 5. The van der Waals surface area contributed by atoms with Gasteiger partial charge in [0.15, 0.2) is 0 Å². The number of rotatable bonds is 9. The summed E-state index contributed by atoms with van der Waals surface area (Å²) in [7, 11) is -25.3. The first kappa shape index (κ1) is 52.6. The molecule has 0 aliphatic rings. The Hall–Kier alpha value is -4.35. The van der Waals surface area contributed by atoms with E-state index < -0.39 is 75.1 Å². The second kappa shape index (κ2) is 16.7. The van der Waals surface area contributed by atoms with Crippen LogP contribution >= 0.6 is 0 Å². The van der Waals surface area contributed by atoms with Crippen LogP contribution < -0.4 is 0 Å². The maximum atomic E-state index is 13.7. The van der Waals surface area contributed by atoms with E-state index in [1.807, 2.05) is 0 Å². The van der Waals surface area contributed by atoms with Crippen LogP contribution in [0.15, 0.2) is 30.5 Å². The van der Waals surface area contributed by atoms with Crippen molar-refractivity contribution >= 4 is 50.6 Å². The molecular weight excluding hydrogens is 953 g/mol. The Labute approximate surface area is 388 Å². The average Bonchev–Trinajstić information content (AvgIpc) is 3.09. The molecule has 0 saturated heterocycles. The van der Waals surface area contributed by atoms with Crippen LogP contribution in [0, 0.1) is 111 Å².